The van der Waals surface area contributed by atoms with Crippen LogP contribution in [0.15, 0.2) is 200 Å². The van der Waals surface area contributed by atoms with Crippen molar-refractivity contribution in [3.63, 3.8) is 0 Å². The van der Waals surface area contributed by atoms with E-state index in [9.17, 15) is 0 Å². The van der Waals surface area contributed by atoms with Crippen molar-refractivity contribution in [1.82, 2.24) is 14.5 Å². The molecule has 0 saturated carbocycles. The summed E-state index contributed by atoms with van der Waals surface area (Å²) in [6.07, 6.45) is 0. The lowest BCUT2D eigenvalue weighted by Gasteiger charge is -2.30. The van der Waals surface area contributed by atoms with Crippen molar-refractivity contribution in [2.24, 2.45) is 0 Å². The molecule has 2 aliphatic carbocycles. The highest BCUT2D eigenvalue weighted by Crippen LogP contribution is 2.63. The molecule has 8 aromatic carbocycles. The van der Waals surface area contributed by atoms with E-state index in [1.165, 1.54) is 66.3 Å². The summed E-state index contributed by atoms with van der Waals surface area (Å²) in [4.78, 5) is 10.4. The second-order valence-corrected chi connectivity index (χ2v) is 14.9. The van der Waals surface area contributed by atoms with E-state index in [4.69, 9.17) is 9.97 Å². The first kappa shape index (κ1) is 31.0. The number of hydrogen-bond donors (Lipinski definition) is 0. The maximum absolute atomic E-state index is 5.18. The molecule has 0 radical (unpaired) electrons. The van der Waals surface area contributed by atoms with E-state index in [1.54, 1.807) is 0 Å². The van der Waals surface area contributed by atoms with Crippen LogP contribution in [-0.2, 0) is 5.41 Å². The van der Waals surface area contributed by atoms with Gasteiger partial charge in [-0.25, -0.2) is 9.97 Å². The van der Waals surface area contributed by atoms with Crippen LogP contribution in [0.1, 0.15) is 22.3 Å². The summed E-state index contributed by atoms with van der Waals surface area (Å²) in [6.45, 7) is 0. The van der Waals surface area contributed by atoms with E-state index in [-0.39, 0.29) is 0 Å². The van der Waals surface area contributed by atoms with Crippen molar-refractivity contribution >= 4 is 21.8 Å². The molecule has 0 saturated heterocycles. The van der Waals surface area contributed by atoms with Gasteiger partial charge in [-0.2, -0.15) is 0 Å². The quantitative estimate of drug-likeness (QED) is 0.182. The molecule has 0 unspecified atom stereocenters. The van der Waals surface area contributed by atoms with E-state index >= 15 is 0 Å². The average Bonchev–Trinajstić information content (AvgIpc) is 3.87. The Morgan fingerprint density at radius 1 is 0.339 bits per heavy atom. The van der Waals surface area contributed by atoms with Crippen LogP contribution in [0.4, 0.5) is 0 Å². The SMILES string of the molecule is c1ccc(-c2cc(-c3ccccc3)nc(-c3cccc(-n4c5ccccc5c5cc6c(cc54)-c4ccccc4C64c5ccccc5-c5ccccc54)c3)n2)cc1. The normalized spacial score (nSPS) is 13.1. The fourth-order valence-corrected chi connectivity index (χ4v) is 9.71. The molecule has 2 aliphatic rings. The predicted octanol–water partition coefficient (Wildman–Crippen LogP) is 12.9. The second kappa shape index (κ2) is 11.8. The van der Waals surface area contributed by atoms with Crippen molar-refractivity contribution in [2.45, 2.75) is 5.41 Å². The molecule has 56 heavy (non-hydrogen) atoms. The van der Waals surface area contributed by atoms with Crippen LogP contribution in [0.3, 0.4) is 0 Å². The average molecular weight is 712 g/mol. The Hall–Kier alpha value is -7.36. The van der Waals surface area contributed by atoms with Gasteiger partial charge in [0.25, 0.3) is 0 Å². The van der Waals surface area contributed by atoms with Gasteiger partial charge in [0.05, 0.1) is 27.8 Å². The van der Waals surface area contributed by atoms with Gasteiger partial charge in [0.1, 0.15) is 0 Å². The molecule has 0 amide bonds. The molecule has 260 valence electrons. The molecule has 3 nitrogen and oxygen atoms in total. The third-order valence-corrected chi connectivity index (χ3v) is 12.0. The van der Waals surface area contributed by atoms with Gasteiger partial charge in [-0.1, -0.05) is 164 Å². The maximum Gasteiger partial charge on any atom is 0.160 e. The molecule has 0 N–H and O–H groups in total. The molecule has 2 aromatic heterocycles. The molecule has 0 atom stereocenters. The van der Waals surface area contributed by atoms with Crippen molar-refractivity contribution in [3.8, 4) is 61.8 Å². The van der Waals surface area contributed by atoms with Crippen LogP contribution in [-0.4, -0.2) is 14.5 Å². The zero-order chi connectivity index (χ0) is 36.8. The van der Waals surface area contributed by atoms with Crippen molar-refractivity contribution in [2.75, 3.05) is 0 Å². The van der Waals surface area contributed by atoms with Crippen LogP contribution < -0.4 is 0 Å². The predicted molar refractivity (Wildman–Crippen MR) is 229 cm³/mol. The highest BCUT2D eigenvalue weighted by Gasteiger charge is 2.51. The summed E-state index contributed by atoms with van der Waals surface area (Å²) in [5.41, 5.74) is 18.5. The van der Waals surface area contributed by atoms with E-state index in [2.05, 4.69) is 193 Å². The molecule has 0 bridgehead atoms. The fourth-order valence-electron chi connectivity index (χ4n) is 9.71. The molecule has 10 aromatic rings. The van der Waals surface area contributed by atoms with Gasteiger partial charge in [0.15, 0.2) is 5.82 Å². The summed E-state index contributed by atoms with van der Waals surface area (Å²) in [5, 5.41) is 2.47. The summed E-state index contributed by atoms with van der Waals surface area (Å²) in [6, 6.07) is 72.4. The lowest BCUT2D eigenvalue weighted by molar-refractivity contribution is 0.795. The molecule has 1 spiro atoms. The van der Waals surface area contributed by atoms with Crippen molar-refractivity contribution in [3.05, 3.63) is 222 Å². The van der Waals surface area contributed by atoms with Gasteiger partial charge >= 0.3 is 0 Å². The minimum absolute atomic E-state index is 0.395. The van der Waals surface area contributed by atoms with E-state index in [0.717, 1.165) is 33.8 Å². The summed E-state index contributed by atoms with van der Waals surface area (Å²) < 4.78 is 2.43. The Kier molecular flexibility index (Phi) is 6.55. The highest BCUT2D eigenvalue weighted by atomic mass is 15.0. The van der Waals surface area contributed by atoms with Gasteiger partial charge in [-0.05, 0) is 80.9 Å². The number of rotatable bonds is 4. The third kappa shape index (κ3) is 4.28. The number of nitrogens with zero attached hydrogens (tertiary/aromatic N) is 3. The third-order valence-electron chi connectivity index (χ3n) is 12.0. The highest BCUT2D eigenvalue weighted by molar-refractivity contribution is 6.12. The van der Waals surface area contributed by atoms with Crippen molar-refractivity contribution < 1.29 is 0 Å². The van der Waals surface area contributed by atoms with E-state index in [1.807, 2.05) is 12.1 Å². The number of fused-ring (bicyclic) bond motifs is 13. The Balaban J connectivity index is 1.10. The lowest BCUT2D eigenvalue weighted by Crippen LogP contribution is -2.25. The Morgan fingerprint density at radius 3 is 1.48 bits per heavy atom. The molecule has 0 aliphatic heterocycles. The van der Waals surface area contributed by atoms with Crippen LogP contribution >= 0.6 is 0 Å². The van der Waals surface area contributed by atoms with Gasteiger partial charge in [-0.3, -0.25) is 0 Å². The zero-order valence-corrected chi connectivity index (χ0v) is 30.4. The van der Waals surface area contributed by atoms with Crippen LogP contribution in [0.25, 0.3) is 83.6 Å². The number of hydrogen-bond acceptors (Lipinski definition) is 2. The first-order valence-electron chi connectivity index (χ1n) is 19.2. The lowest BCUT2D eigenvalue weighted by atomic mass is 9.70. The first-order chi connectivity index (χ1) is 27.8. The second-order valence-electron chi connectivity index (χ2n) is 14.9. The number of para-hydroxylation sites is 1. The van der Waals surface area contributed by atoms with Crippen LogP contribution in [0.5, 0.6) is 0 Å². The summed E-state index contributed by atoms with van der Waals surface area (Å²) in [7, 11) is 0. The standard InChI is InChI=1S/C53H33N3/c1-3-16-34(17-4-1)48-33-49(35-18-5-2-6-19-35)55-52(54-48)36-20-15-21-37(30-36)56-50-29-14-10-25-41(50)43-31-47-42(32-51(43)56)40-24-9-13-28-46(40)53(47)44-26-11-7-22-38(44)39-23-8-12-27-45(39)53/h1-33H. The smallest absolute Gasteiger partial charge is 0.160 e. The molecule has 3 heteroatoms. The maximum atomic E-state index is 5.18. The monoisotopic (exact) mass is 711 g/mol. The van der Waals surface area contributed by atoms with Gasteiger partial charge in [0, 0.05) is 33.2 Å². The molecular weight excluding hydrogens is 679 g/mol. The Morgan fingerprint density at radius 2 is 0.857 bits per heavy atom. The topological polar surface area (TPSA) is 30.7 Å². The first-order valence-corrected chi connectivity index (χ1v) is 19.2. The molecule has 12 rings (SSSR count). The van der Waals surface area contributed by atoms with Gasteiger partial charge in [0.2, 0.25) is 0 Å². The summed E-state index contributed by atoms with van der Waals surface area (Å²) in [5.74, 6) is 0.697. The Labute approximate surface area is 324 Å². The molecule has 2 heterocycles. The minimum Gasteiger partial charge on any atom is -0.309 e. The van der Waals surface area contributed by atoms with E-state index in [0.29, 0.717) is 5.82 Å². The number of aromatic nitrogens is 3. The van der Waals surface area contributed by atoms with Gasteiger partial charge < -0.3 is 4.57 Å². The molecule has 0 fully saturated rings. The fraction of sp³-hybridized carbons (Fsp3) is 0.0189. The van der Waals surface area contributed by atoms with Crippen LogP contribution in [0, 0.1) is 0 Å². The largest absolute Gasteiger partial charge is 0.309 e. The van der Waals surface area contributed by atoms with E-state index < -0.39 is 5.41 Å². The zero-order valence-electron chi connectivity index (χ0n) is 30.4. The van der Waals surface area contributed by atoms with Crippen molar-refractivity contribution in [1.29, 1.82) is 0 Å². The van der Waals surface area contributed by atoms with Gasteiger partial charge in [-0.15, -0.1) is 0 Å². The molecular formula is C53H33N3. The minimum atomic E-state index is -0.395. The summed E-state index contributed by atoms with van der Waals surface area (Å²) >= 11 is 0. The Bertz CT molecular complexity index is 3090. The number of benzene rings is 8. The van der Waals surface area contributed by atoms with Crippen LogP contribution in [0.2, 0.25) is 0 Å².